The van der Waals surface area contributed by atoms with E-state index in [1.165, 1.54) is 128 Å². The second-order valence-corrected chi connectivity index (χ2v) is 21.2. The first kappa shape index (κ1) is 40.7. The molecule has 0 atom stereocenters. The molecule has 0 radical (unpaired) electrons. The van der Waals surface area contributed by atoms with E-state index in [1.54, 1.807) is 0 Å². The molecular formula is C64H54BN3. The fraction of sp³-hybridized carbons (Fsp3) is 0.156. The number of para-hydroxylation sites is 2. The van der Waals surface area contributed by atoms with Crippen LogP contribution in [0.25, 0.3) is 49.7 Å². The third-order valence-corrected chi connectivity index (χ3v) is 15.5. The van der Waals surface area contributed by atoms with Gasteiger partial charge in [-0.1, -0.05) is 150 Å². The predicted octanol–water partition coefficient (Wildman–Crippen LogP) is 15.1. The van der Waals surface area contributed by atoms with Crippen LogP contribution in [0.3, 0.4) is 0 Å². The molecule has 0 saturated carbocycles. The number of fused-ring (bicyclic) bond motifs is 10. The molecule has 3 nitrogen and oxygen atoms in total. The molecule has 0 bridgehead atoms. The monoisotopic (exact) mass is 875 g/mol. The Morgan fingerprint density at radius 2 is 1.10 bits per heavy atom. The average molecular weight is 876 g/mol. The highest BCUT2D eigenvalue weighted by Crippen LogP contribution is 2.53. The summed E-state index contributed by atoms with van der Waals surface area (Å²) in [5.74, 6) is 0. The van der Waals surface area contributed by atoms with E-state index in [-0.39, 0.29) is 17.5 Å². The van der Waals surface area contributed by atoms with Gasteiger partial charge in [-0.3, -0.25) is 0 Å². The van der Waals surface area contributed by atoms with Gasteiger partial charge in [-0.2, -0.15) is 0 Å². The van der Waals surface area contributed by atoms with Crippen LogP contribution in [0.15, 0.2) is 182 Å². The van der Waals surface area contributed by atoms with Crippen LogP contribution in [0.4, 0.5) is 34.1 Å². The fourth-order valence-electron chi connectivity index (χ4n) is 12.4. The van der Waals surface area contributed by atoms with Crippen molar-refractivity contribution in [3.8, 4) is 27.9 Å². The molecule has 0 spiro atoms. The van der Waals surface area contributed by atoms with Gasteiger partial charge in [-0.25, -0.2) is 0 Å². The first-order chi connectivity index (χ1) is 32.9. The number of aromatic nitrogens is 1. The Morgan fingerprint density at radius 1 is 0.456 bits per heavy atom. The summed E-state index contributed by atoms with van der Waals surface area (Å²) in [6, 6.07) is 69.1. The van der Waals surface area contributed by atoms with Crippen molar-refractivity contribution in [3.05, 3.63) is 215 Å². The van der Waals surface area contributed by atoms with E-state index in [0.29, 0.717) is 0 Å². The highest BCUT2D eigenvalue weighted by atomic mass is 15.2. The molecule has 328 valence electrons. The number of hydrogen-bond donors (Lipinski definition) is 0. The van der Waals surface area contributed by atoms with E-state index in [9.17, 15) is 0 Å². The maximum atomic E-state index is 2.64. The van der Waals surface area contributed by atoms with E-state index in [2.05, 4.69) is 252 Å². The quantitative estimate of drug-likeness (QED) is 0.163. The summed E-state index contributed by atoms with van der Waals surface area (Å²) in [6.45, 7) is 18.7. The number of aryl methyl sites for hydroxylation is 3. The summed E-state index contributed by atoms with van der Waals surface area (Å²) in [4.78, 5) is 5.24. The van der Waals surface area contributed by atoms with Gasteiger partial charge < -0.3 is 14.4 Å². The molecular weight excluding hydrogens is 822 g/mol. The van der Waals surface area contributed by atoms with Gasteiger partial charge >= 0.3 is 0 Å². The zero-order valence-electron chi connectivity index (χ0n) is 40.2. The van der Waals surface area contributed by atoms with Gasteiger partial charge in [0, 0.05) is 50.3 Å². The van der Waals surface area contributed by atoms with Gasteiger partial charge in [0.2, 0.25) is 0 Å². The first-order valence-corrected chi connectivity index (χ1v) is 24.3. The Labute approximate surface area is 401 Å². The summed E-state index contributed by atoms with van der Waals surface area (Å²) in [5, 5.41) is 2.53. The zero-order chi connectivity index (χ0) is 46.4. The van der Waals surface area contributed by atoms with Crippen molar-refractivity contribution in [1.29, 1.82) is 0 Å². The summed E-state index contributed by atoms with van der Waals surface area (Å²) in [7, 11) is 0. The largest absolute Gasteiger partial charge is 0.311 e. The fourth-order valence-corrected chi connectivity index (χ4v) is 12.4. The van der Waals surface area contributed by atoms with E-state index >= 15 is 0 Å². The molecule has 0 N–H and O–H groups in total. The zero-order valence-corrected chi connectivity index (χ0v) is 40.2. The molecule has 0 unspecified atom stereocenters. The molecule has 13 rings (SSSR count). The minimum absolute atomic E-state index is 0.0250. The van der Waals surface area contributed by atoms with Crippen LogP contribution in [0.5, 0.6) is 0 Å². The summed E-state index contributed by atoms with van der Waals surface area (Å²) < 4.78 is 2.47. The molecule has 10 aromatic rings. The van der Waals surface area contributed by atoms with Crippen molar-refractivity contribution in [1.82, 2.24) is 4.57 Å². The third kappa shape index (κ3) is 5.79. The van der Waals surface area contributed by atoms with Crippen molar-refractivity contribution in [2.24, 2.45) is 0 Å². The number of anilines is 6. The van der Waals surface area contributed by atoms with Crippen LogP contribution < -0.4 is 26.2 Å². The van der Waals surface area contributed by atoms with Crippen LogP contribution >= 0.6 is 0 Å². The molecule has 0 fully saturated rings. The van der Waals surface area contributed by atoms with Gasteiger partial charge in [0.1, 0.15) is 0 Å². The molecule has 4 heteroatoms. The van der Waals surface area contributed by atoms with Crippen LogP contribution in [0, 0.1) is 20.8 Å². The molecule has 1 aromatic heterocycles. The predicted molar refractivity (Wildman–Crippen MR) is 291 cm³/mol. The molecule has 0 saturated heterocycles. The number of rotatable bonds is 4. The minimum atomic E-state index is -0.133. The Morgan fingerprint density at radius 3 is 1.85 bits per heavy atom. The van der Waals surface area contributed by atoms with Gasteiger partial charge in [-0.05, 0) is 165 Å². The highest BCUT2D eigenvalue weighted by molar-refractivity contribution is 7.00. The summed E-state index contributed by atoms with van der Waals surface area (Å²) in [5.41, 5.74) is 27.8. The highest BCUT2D eigenvalue weighted by Gasteiger charge is 2.45. The summed E-state index contributed by atoms with van der Waals surface area (Å²) >= 11 is 0. The average Bonchev–Trinajstić information content (AvgIpc) is 3.78. The lowest BCUT2D eigenvalue weighted by Crippen LogP contribution is -2.61. The SMILES string of the molecule is Cc1cc2c3c(c1)N(c1c(C)cc(-c4ccccc4)cc1C)c1cc4c(cc1B3c1cc(C(C)(C)C)ccc1N2c1ccc2c(c1)C(C)(C)c1ccccc1-2)c1ccccc1n4-c1ccccc1. The molecule has 2 aliphatic heterocycles. The van der Waals surface area contributed by atoms with Crippen molar-refractivity contribution in [2.45, 2.75) is 66.2 Å². The number of benzene rings is 9. The molecule has 68 heavy (non-hydrogen) atoms. The molecule has 3 aliphatic rings. The van der Waals surface area contributed by atoms with Gasteiger partial charge in [0.25, 0.3) is 6.71 Å². The second-order valence-electron chi connectivity index (χ2n) is 21.2. The van der Waals surface area contributed by atoms with Crippen molar-refractivity contribution < 1.29 is 0 Å². The van der Waals surface area contributed by atoms with Crippen LogP contribution in [0.2, 0.25) is 0 Å². The van der Waals surface area contributed by atoms with Crippen molar-refractivity contribution >= 4 is 79.0 Å². The Balaban J connectivity index is 1.14. The van der Waals surface area contributed by atoms with E-state index in [4.69, 9.17) is 0 Å². The topological polar surface area (TPSA) is 11.4 Å². The minimum Gasteiger partial charge on any atom is -0.311 e. The first-order valence-electron chi connectivity index (χ1n) is 24.3. The number of nitrogens with zero attached hydrogens (tertiary/aromatic N) is 3. The molecule has 1 aliphatic carbocycles. The van der Waals surface area contributed by atoms with Crippen LogP contribution in [-0.2, 0) is 10.8 Å². The summed E-state index contributed by atoms with van der Waals surface area (Å²) in [6.07, 6.45) is 0. The van der Waals surface area contributed by atoms with E-state index in [1.807, 2.05) is 0 Å². The lowest BCUT2D eigenvalue weighted by atomic mass is 9.33. The van der Waals surface area contributed by atoms with Gasteiger partial charge in [0.05, 0.1) is 16.7 Å². The van der Waals surface area contributed by atoms with Gasteiger partial charge in [0.15, 0.2) is 0 Å². The molecule has 9 aromatic carbocycles. The van der Waals surface area contributed by atoms with Gasteiger partial charge in [-0.15, -0.1) is 0 Å². The molecule has 0 amide bonds. The maximum Gasteiger partial charge on any atom is 0.252 e. The lowest BCUT2D eigenvalue weighted by Gasteiger charge is -2.45. The van der Waals surface area contributed by atoms with E-state index < -0.39 is 0 Å². The second kappa shape index (κ2) is 14.5. The van der Waals surface area contributed by atoms with Crippen LogP contribution in [-0.4, -0.2) is 11.3 Å². The van der Waals surface area contributed by atoms with E-state index in [0.717, 1.165) is 5.69 Å². The standard InChI is InChI=1S/C64H54BN3/c1-39-31-59-61-60(32-39)68(62-40(2)33-43(34-41(62)3)42-19-11-9-12-20-42)58-38-57-50(49-24-16-18-26-55(49)66(57)45-21-13-10-14-22-45)37-54(58)65(61)53-35-44(63(4,5)6)27-30-56(53)67(59)46-28-29-48-47-23-15-17-25-51(47)64(7,8)52(48)36-46/h9-38H,1-8H3. The molecule has 3 heterocycles. The Bertz CT molecular complexity index is 3720. The smallest absolute Gasteiger partial charge is 0.252 e. The number of hydrogen-bond acceptors (Lipinski definition) is 2. The van der Waals surface area contributed by atoms with Crippen molar-refractivity contribution in [3.63, 3.8) is 0 Å². The lowest BCUT2D eigenvalue weighted by molar-refractivity contribution is 0.591. The van der Waals surface area contributed by atoms with Crippen LogP contribution in [0.1, 0.15) is 68.0 Å². The normalized spacial score (nSPS) is 14.2. The Kier molecular flexibility index (Phi) is 8.66. The van der Waals surface area contributed by atoms with Crippen molar-refractivity contribution in [2.75, 3.05) is 9.80 Å². The maximum absolute atomic E-state index is 2.64. The third-order valence-electron chi connectivity index (χ3n) is 15.5. The Hall–Kier alpha value is -7.56.